The van der Waals surface area contributed by atoms with Crippen LogP contribution in [0.25, 0.3) is 6.08 Å². The second-order valence-corrected chi connectivity index (χ2v) is 5.76. The summed E-state index contributed by atoms with van der Waals surface area (Å²) in [6.45, 7) is 13.2. The molecule has 1 rings (SSSR count). The summed E-state index contributed by atoms with van der Waals surface area (Å²) >= 11 is 0. The summed E-state index contributed by atoms with van der Waals surface area (Å²) < 4.78 is 5.62. The van der Waals surface area contributed by atoms with Crippen molar-refractivity contribution in [1.29, 1.82) is 0 Å². The Morgan fingerprint density at radius 2 is 1.89 bits per heavy atom. The van der Waals surface area contributed by atoms with Gasteiger partial charge < -0.3 is 4.74 Å². The quantitative estimate of drug-likeness (QED) is 0.737. The minimum absolute atomic E-state index is 0.163. The molecule has 0 aliphatic carbocycles. The van der Waals surface area contributed by atoms with Gasteiger partial charge in [-0.3, -0.25) is 0 Å². The van der Waals surface area contributed by atoms with Crippen LogP contribution in [0, 0.1) is 6.92 Å². The number of aryl methyl sites for hydroxylation is 1. The molecule has 0 aliphatic rings. The summed E-state index contributed by atoms with van der Waals surface area (Å²) in [5.74, 6) is 1.03. The largest absolute Gasteiger partial charge is 0.496 e. The highest BCUT2D eigenvalue weighted by molar-refractivity contribution is 5.66. The Hall–Kier alpha value is -1.24. The summed E-state index contributed by atoms with van der Waals surface area (Å²) in [4.78, 5) is 0. The maximum absolute atomic E-state index is 5.62. The highest BCUT2D eigenvalue weighted by Gasteiger charge is 2.21. The van der Waals surface area contributed by atoms with Gasteiger partial charge in [0, 0.05) is 5.56 Å². The van der Waals surface area contributed by atoms with E-state index < -0.39 is 0 Å². The molecule has 0 aromatic heterocycles. The van der Waals surface area contributed by atoms with Crippen molar-refractivity contribution in [3.8, 4) is 5.75 Å². The summed E-state index contributed by atoms with van der Waals surface area (Å²) in [7, 11) is 1.76. The first-order chi connectivity index (χ1) is 8.36. The first-order valence-corrected chi connectivity index (χ1v) is 6.70. The SMILES string of the molecule is C/C=C\c1c(C)c(C(C)(C)C)cc(CC)c1OC. The van der Waals surface area contributed by atoms with Crippen LogP contribution in [0.1, 0.15) is 56.9 Å². The molecule has 0 unspecified atom stereocenters. The predicted molar refractivity (Wildman–Crippen MR) is 80.5 cm³/mol. The van der Waals surface area contributed by atoms with Crippen LogP contribution in [0.2, 0.25) is 0 Å². The van der Waals surface area contributed by atoms with Crippen molar-refractivity contribution in [2.45, 2.75) is 53.4 Å². The zero-order chi connectivity index (χ0) is 13.9. The first kappa shape index (κ1) is 14.8. The van der Waals surface area contributed by atoms with E-state index in [0.29, 0.717) is 0 Å². The van der Waals surface area contributed by atoms with E-state index >= 15 is 0 Å². The fourth-order valence-corrected chi connectivity index (χ4v) is 2.49. The fourth-order valence-electron chi connectivity index (χ4n) is 2.49. The summed E-state index contributed by atoms with van der Waals surface area (Å²) in [6.07, 6.45) is 5.23. The number of hydrogen-bond donors (Lipinski definition) is 0. The Bertz CT molecular complexity index is 448. The predicted octanol–water partition coefficient (Wildman–Crippen LogP) is 4.90. The number of methoxy groups -OCH3 is 1. The summed E-state index contributed by atoms with van der Waals surface area (Å²) in [6, 6.07) is 2.31. The topological polar surface area (TPSA) is 9.23 Å². The Balaban J connectivity index is 3.65. The average Bonchev–Trinajstić information content (AvgIpc) is 2.29. The lowest BCUT2D eigenvalue weighted by Crippen LogP contribution is -2.15. The molecule has 1 nitrogen and oxygen atoms in total. The molecule has 0 spiro atoms. The first-order valence-electron chi connectivity index (χ1n) is 6.70. The van der Waals surface area contributed by atoms with Gasteiger partial charge in [-0.2, -0.15) is 0 Å². The molecule has 0 bridgehead atoms. The molecule has 0 heterocycles. The Morgan fingerprint density at radius 3 is 2.28 bits per heavy atom. The van der Waals surface area contributed by atoms with E-state index in [1.54, 1.807) is 7.11 Å². The molecule has 0 fully saturated rings. The van der Waals surface area contributed by atoms with Crippen LogP contribution in [0.3, 0.4) is 0 Å². The van der Waals surface area contributed by atoms with Gasteiger partial charge in [0.1, 0.15) is 5.75 Å². The van der Waals surface area contributed by atoms with E-state index in [2.05, 4.69) is 52.8 Å². The van der Waals surface area contributed by atoms with E-state index in [9.17, 15) is 0 Å². The number of benzene rings is 1. The van der Waals surface area contributed by atoms with Gasteiger partial charge in [0.25, 0.3) is 0 Å². The zero-order valence-corrected chi connectivity index (χ0v) is 12.8. The van der Waals surface area contributed by atoms with Crippen LogP contribution >= 0.6 is 0 Å². The van der Waals surface area contributed by atoms with E-state index in [0.717, 1.165) is 12.2 Å². The van der Waals surface area contributed by atoms with Crippen molar-refractivity contribution in [2.75, 3.05) is 7.11 Å². The van der Waals surface area contributed by atoms with Crippen LogP contribution in [0.4, 0.5) is 0 Å². The average molecular weight is 246 g/mol. The molecule has 0 atom stereocenters. The van der Waals surface area contributed by atoms with Crippen molar-refractivity contribution < 1.29 is 4.74 Å². The Labute approximate surface area is 112 Å². The van der Waals surface area contributed by atoms with Gasteiger partial charge in [0.05, 0.1) is 7.11 Å². The van der Waals surface area contributed by atoms with Crippen molar-refractivity contribution in [2.24, 2.45) is 0 Å². The van der Waals surface area contributed by atoms with Gasteiger partial charge in [-0.25, -0.2) is 0 Å². The normalized spacial score (nSPS) is 12.2. The van der Waals surface area contributed by atoms with Gasteiger partial charge in [0.15, 0.2) is 0 Å². The van der Waals surface area contributed by atoms with Crippen molar-refractivity contribution in [3.63, 3.8) is 0 Å². The molecule has 0 radical (unpaired) electrons. The van der Waals surface area contributed by atoms with Gasteiger partial charge in [-0.1, -0.05) is 45.9 Å². The number of allylic oxidation sites excluding steroid dienone is 1. The summed E-state index contributed by atoms with van der Waals surface area (Å²) in [5.41, 5.74) is 5.42. The number of hydrogen-bond acceptors (Lipinski definition) is 1. The third-order valence-electron chi connectivity index (χ3n) is 3.39. The molecule has 0 N–H and O–H groups in total. The van der Waals surface area contributed by atoms with E-state index in [-0.39, 0.29) is 5.41 Å². The van der Waals surface area contributed by atoms with Crippen molar-refractivity contribution >= 4 is 6.08 Å². The standard InChI is InChI=1S/C17H26O/c1-8-10-14-12(3)15(17(4,5)6)11-13(9-2)16(14)18-7/h8,10-11H,9H2,1-7H3/b10-8-. The van der Waals surface area contributed by atoms with Gasteiger partial charge >= 0.3 is 0 Å². The van der Waals surface area contributed by atoms with E-state index in [1.807, 2.05) is 6.92 Å². The Morgan fingerprint density at radius 1 is 1.28 bits per heavy atom. The summed E-state index contributed by atoms with van der Waals surface area (Å²) in [5, 5.41) is 0. The number of rotatable bonds is 3. The molecule has 0 saturated carbocycles. The smallest absolute Gasteiger partial charge is 0.129 e. The number of ether oxygens (including phenoxy) is 1. The van der Waals surface area contributed by atoms with Gasteiger partial charge in [-0.05, 0) is 42.4 Å². The molecule has 0 aliphatic heterocycles. The third kappa shape index (κ3) is 2.77. The monoisotopic (exact) mass is 246 g/mol. The molecule has 18 heavy (non-hydrogen) atoms. The van der Waals surface area contributed by atoms with Gasteiger partial charge in [0.2, 0.25) is 0 Å². The maximum Gasteiger partial charge on any atom is 0.129 e. The van der Waals surface area contributed by atoms with E-state index in [4.69, 9.17) is 4.74 Å². The molecule has 1 aromatic rings. The zero-order valence-electron chi connectivity index (χ0n) is 12.8. The van der Waals surface area contributed by atoms with E-state index in [1.165, 1.54) is 22.3 Å². The van der Waals surface area contributed by atoms with Crippen molar-refractivity contribution in [1.82, 2.24) is 0 Å². The van der Waals surface area contributed by atoms with Crippen LogP contribution in [0.5, 0.6) is 5.75 Å². The fraction of sp³-hybridized carbons (Fsp3) is 0.529. The van der Waals surface area contributed by atoms with Crippen LogP contribution < -0.4 is 4.74 Å². The molecule has 1 aromatic carbocycles. The molecule has 0 saturated heterocycles. The van der Waals surface area contributed by atoms with Gasteiger partial charge in [-0.15, -0.1) is 0 Å². The second kappa shape index (κ2) is 5.60. The molecule has 100 valence electrons. The lowest BCUT2D eigenvalue weighted by molar-refractivity contribution is 0.408. The lowest BCUT2D eigenvalue weighted by Gasteiger charge is -2.26. The molecular weight excluding hydrogens is 220 g/mol. The van der Waals surface area contributed by atoms with Crippen LogP contribution in [0.15, 0.2) is 12.1 Å². The van der Waals surface area contributed by atoms with Crippen LogP contribution in [-0.4, -0.2) is 7.11 Å². The highest BCUT2D eigenvalue weighted by Crippen LogP contribution is 2.36. The second-order valence-electron chi connectivity index (χ2n) is 5.76. The lowest BCUT2D eigenvalue weighted by atomic mass is 9.80. The van der Waals surface area contributed by atoms with Crippen molar-refractivity contribution in [3.05, 3.63) is 34.4 Å². The minimum Gasteiger partial charge on any atom is -0.496 e. The maximum atomic E-state index is 5.62. The highest BCUT2D eigenvalue weighted by atomic mass is 16.5. The molecule has 1 heteroatoms. The minimum atomic E-state index is 0.163. The Kier molecular flexibility index (Phi) is 4.61. The van der Waals surface area contributed by atoms with Crippen LogP contribution in [-0.2, 0) is 11.8 Å². The molecular formula is C17H26O. The molecule has 0 amide bonds. The third-order valence-corrected chi connectivity index (χ3v) is 3.39.